The van der Waals surface area contributed by atoms with Gasteiger partial charge in [-0.15, -0.1) is 0 Å². The Labute approximate surface area is 175 Å². The van der Waals surface area contributed by atoms with Crippen LogP contribution in [0.5, 0.6) is 0 Å². The monoisotopic (exact) mass is 405 g/mol. The molecule has 0 bridgehead atoms. The lowest BCUT2D eigenvalue weighted by Crippen LogP contribution is -2.39. The lowest BCUT2D eigenvalue weighted by Gasteiger charge is -2.39. The molecule has 5 nitrogen and oxygen atoms in total. The Bertz CT molecular complexity index is 1090. The quantitative estimate of drug-likeness (QED) is 0.791. The number of hydrogen-bond donors (Lipinski definition) is 2. The number of halogens is 1. The second-order valence-electron chi connectivity index (χ2n) is 8.65. The third kappa shape index (κ3) is 3.65. The molecule has 154 valence electrons. The lowest BCUT2D eigenvalue weighted by atomic mass is 9.68. The van der Waals surface area contributed by atoms with Crippen molar-refractivity contribution in [3.63, 3.8) is 0 Å². The largest absolute Gasteiger partial charge is 0.362 e. The van der Waals surface area contributed by atoms with Crippen LogP contribution in [0, 0.1) is 11.2 Å². The van der Waals surface area contributed by atoms with Crippen LogP contribution in [0.3, 0.4) is 0 Å². The average molecular weight is 405 g/mol. The van der Waals surface area contributed by atoms with Gasteiger partial charge in [0.15, 0.2) is 5.78 Å². The number of hydrogen-bond acceptors (Lipinski definition) is 4. The van der Waals surface area contributed by atoms with Crippen molar-refractivity contribution >= 4 is 17.4 Å². The van der Waals surface area contributed by atoms with Gasteiger partial charge < -0.3 is 10.6 Å². The van der Waals surface area contributed by atoms with Crippen molar-refractivity contribution in [1.82, 2.24) is 10.3 Å². The molecule has 2 N–H and O–H groups in total. The van der Waals surface area contributed by atoms with Crippen molar-refractivity contribution in [2.75, 3.05) is 5.32 Å². The highest BCUT2D eigenvalue weighted by atomic mass is 19.1. The van der Waals surface area contributed by atoms with E-state index in [9.17, 15) is 14.0 Å². The number of anilines is 1. The molecule has 0 saturated heterocycles. The molecular weight excluding hydrogens is 381 g/mol. The Hall–Kier alpha value is -3.28. The molecule has 1 aliphatic heterocycles. The number of nitrogens with zero attached hydrogens (tertiary/aromatic N) is 1. The van der Waals surface area contributed by atoms with Gasteiger partial charge in [-0.3, -0.25) is 14.6 Å². The van der Waals surface area contributed by atoms with Crippen LogP contribution in [0.25, 0.3) is 0 Å². The van der Waals surface area contributed by atoms with Gasteiger partial charge in [0.05, 0.1) is 11.9 Å². The molecule has 1 amide bonds. The maximum Gasteiger partial charge on any atom is 0.254 e. The Morgan fingerprint density at radius 1 is 1.20 bits per heavy atom. The summed E-state index contributed by atoms with van der Waals surface area (Å²) in [6, 6.07) is 9.79. The van der Waals surface area contributed by atoms with Crippen LogP contribution < -0.4 is 10.6 Å². The number of Topliss-reactive ketones (excluding diaryl/α,β-unsaturated/α-hetero) is 1. The number of carbonyl (C=O) groups excluding carboxylic acids is 2. The number of pyridine rings is 1. The molecule has 2 aromatic rings. The van der Waals surface area contributed by atoms with Gasteiger partial charge in [0.1, 0.15) is 5.82 Å². The van der Waals surface area contributed by atoms with Gasteiger partial charge >= 0.3 is 0 Å². The van der Waals surface area contributed by atoms with Crippen molar-refractivity contribution in [3.05, 3.63) is 82.7 Å². The number of rotatable bonds is 3. The maximum absolute atomic E-state index is 14.9. The normalized spacial score (nSPS) is 20.5. The SMILES string of the molecule is CC1=C(C(=O)Nc2cccnc2)[C@H](c2ccccc2F)C2=C(CC(C)(C)CC2=O)N1. The van der Waals surface area contributed by atoms with Crippen molar-refractivity contribution in [3.8, 4) is 0 Å². The molecule has 1 aromatic carbocycles. The minimum Gasteiger partial charge on any atom is -0.362 e. The molecule has 2 aliphatic rings. The summed E-state index contributed by atoms with van der Waals surface area (Å²) in [5.41, 5.74) is 2.89. The summed E-state index contributed by atoms with van der Waals surface area (Å²) >= 11 is 0. The summed E-state index contributed by atoms with van der Waals surface area (Å²) in [7, 11) is 0. The van der Waals surface area contributed by atoms with Gasteiger partial charge in [0.2, 0.25) is 0 Å². The van der Waals surface area contributed by atoms with Gasteiger partial charge in [-0.1, -0.05) is 32.0 Å². The predicted molar refractivity (Wildman–Crippen MR) is 113 cm³/mol. The van der Waals surface area contributed by atoms with Crippen LogP contribution in [0.4, 0.5) is 10.1 Å². The Balaban J connectivity index is 1.84. The van der Waals surface area contributed by atoms with Gasteiger partial charge in [-0.05, 0) is 37.0 Å². The topological polar surface area (TPSA) is 71.1 Å². The number of aromatic nitrogens is 1. The number of ketones is 1. The van der Waals surface area contributed by atoms with E-state index < -0.39 is 11.7 Å². The van der Waals surface area contributed by atoms with E-state index in [1.807, 2.05) is 13.8 Å². The highest BCUT2D eigenvalue weighted by molar-refractivity contribution is 6.09. The molecule has 2 heterocycles. The van der Waals surface area contributed by atoms with Crippen molar-refractivity contribution in [2.24, 2.45) is 5.41 Å². The van der Waals surface area contributed by atoms with Crippen LogP contribution in [-0.2, 0) is 9.59 Å². The second kappa shape index (κ2) is 7.52. The van der Waals surface area contributed by atoms with Gasteiger partial charge in [-0.2, -0.15) is 0 Å². The van der Waals surface area contributed by atoms with E-state index in [0.717, 1.165) is 5.70 Å². The molecule has 0 saturated carbocycles. The number of nitrogens with one attached hydrogen (secondary N) is 2. The fourth-order valence-corrected chi connectivity index (χ4v) is 4.39. The smallest absolute Gasteiger partial charge is 0.254 e. The number of benzene rings is 1. The summed E-state index contributed by atoms with van der Waals surface area (Å²) in [6.07, 6.45) is 4.17. The Kier molecular flexibility index (Phi) is 5.02. The van der Waals surface area contributed by atoms with E-state index >= 15 is 0 Å². The second-order valence-corrected chi connectivity index (χ2v) is 8.65. The van der Waals surface area contributed by atoms with Gasteiger partial charge in [-0.25, -0.2) is 4.39 Å². The van der Waals surface area contributed by atoms with E-state index in [4.69, 9.17) is 0 Å². The van der Waals surface area contributed by atoms with E-state index in [2.05, 4.69) is 15.6 Å². The number of amides is 1. The zero-order valence-corrected chi connectivity index (χ0v) is 17.3. The van der Waals surface area contributed by atoms with Crippen LogP contribution in [0.2, 0.25) is 0 Å². The zero-order valence-electron chi connectivity index (χ0n) is 17.3. The van der Waals surface area contributed by atoms with Gasteiger partial charge in [0.25, 0.3) is 5.91 Å². The van der Waals surface area contributed by atoms with Crippen molar-refractivity contribution < 1.29 is 14.0 Å². The van der Waals surface area contributed by atoms with Crippen LogP contribution in [0.1, 0.15) is 45.1 Å². The lowest BCUT2D eigenvalue weighted by molar-refractivity contribution is -0.118. The minimum absolute atomic E-state index is 0.0545. The van der Waals surface area contributed by atoms with Crippen molar-refractivity contribution in [1.29, 1.82) is 0 Å². The first-order chi connectivity index (χ1) is 14.3. The summed E-state index contributed by atoms with van der Waals surface area (Å²) in [5, 5.41) is 6.11. The molecule has 1 aromatic heterocycles. The average Bonchev–Trinajstić information content (AvgIpc) is 2.67. The molecule has 0 spiro atoms. The number of dihydropyridines is 1. The molecule has 1 atom stereocenters. The van der Waals surface area contributed by atoms with Crippen LogP contribution in [-0.4, -0.2) is 16.7 Å². The molecule has 0 fully saturated rings. The molecule has 1 aliphatic carbocycles. The molecular formula is C24H24FN3O2. The summed E-state index contributed by atoms with van der Waals surface area (Å²) < 4.78 is 14.9. The highest BCUT2D eigenvalue weighted by Gasteiger charge is 2.43. The summed E-state index contributed by atoms with van der Waals surface area (Å²) in [6.45, 7) is 5.87. The molecule has 4 rings (SSSR count). The molecule has 30 heavy (non-hydrogen) atoms. The first-order valence-electron chi connectivity index (χ1n) is 9.97. The predicted octanol–water partition coefficient (Wildman–Crippen LogP) is 4.46. The molecule has 0 radical (unpaired) electrons. The van der Waals surface area contributed by atoms with Crippen LogP contribution in [0.15, 0.2) is 71.3 Å². The summed E-state index contributed by atoms with van der Waals surface area (Å²) in [4.78, 5) is 30.5. The first kappa shape index (κ1) is 20.0. The van der Waals surface area contributed by atoms with E-state index in [-0.39, 0.29) is 17.1 Å². The van der Waals surface area contributed by atoms with Gasteiger partial charge in [0, 0.05) is 46.6 Å². The van der Waals surface area contributed by atoms with E-state index in [0.29, 0.717) is 40.9 Å². The van der Waals surface area contributed by atoms with Crippen LogP contribution >= 0.6 is 0 Å². The summed E-state index contributed by atoms with van der Waals surface area (Å²) in [5.74, 6) is -1.64. The third-order valence-electron chi connectivity index (χ3n) is 5.62. The van der Waals surface area contributed by atoms with Crippen molar-refractivity contribution in [2.45, 2.75) is 39.5 Å². The maximum atomic E-state index is 14.9. The van der Waals surface area contributed by atoms with E-state index in [1.54, 1.807) is 49.6 Å². The first-order valence-corrected chi connectivity index (χ1v) is 9.97. The third-order valence-corrected chi connectivity index (χ3v) is 5.62. The highest BCUT2D eigenvalue weighted by Crippen LogP contribution is 2.47. The fraction of sp³-hybridized carbons (Fsp3) is 0.292. The molecule has 6 heteroatoms. The van der Waals surface area contributed by atoms with E-state index in [1.165, 1.54) is 6.07 Å². The zero-order chi connectivity index (χ0) is 21.5. The Morgan fingerprint density at radius 2 is 1.97 bits per heavy atom. The minimum atomic E-state index is -0.761. The number of allylic oxidation sites excluding steroid dienone is 3. The Morgan fingerprint density at radius 3 is 2.67 bits per heavy atom. The fourth-order valence-electron chi connectivity index (χ4n) is 4.39. The standard InChI is InChI=1S/C24H24FN3O2/c1-14-20(23(30)28-15-7-6-10-26-13-15)21(16-8-4-5-9-17(16)25)22-18(27-14)11-24(2,3)12-19(22)29/h4-10,13,21,27H,11-12H2,1-3H3,(H,28,30)/t21-/m0/s1. The molecule has 0 unspecified atom stereocenters. The number of carbonyl (C=O) groups is 2.